The fourth-order valence-corrected chi connectivity index (χ4v) is 10.6. The third kappa shape index (κ3) is 53.3. The van der Waals surface area contributed by atoms with Crippen LogP contribution in [0.4, 0.5) is 0 Å². The van der Waals surface area contributed by atoms with E-state index in [4.69, 9.17) is 28.4 Å². The van der Waals surface area contributed by atoms with Gasteiger partial charge in [-0.1, -0.05) is 242 Å². The maximum absolute atomic E-state index is 12.4. The number of carbonyl (C=O) groups excluding carboxylic acids is 6. The summed E-state index contributed by atoms with van der Waals surface area (Å²) in [4.78, 5) is 72.1. The van der Waals surface area contributed by atoms with E-state index in [2.05, 4.69) is 111 Å². The van der Waals surface area contributed by atoms with Crippen molar-refractivity contribution in [2.45, 2.75) is 484 Å². The Balaban J connectivity index is -0.000000275. The molecule has 2 atom stereocenters. The van der Waals surface area contributed by atoms with E-state index in [1.54, 1.807) is 0 Å². The number of esters is 6. The average molecular weight is 1470 g/mol. The molecule has 0 aliphatic carbocycles. The predicted molar refractivity (Wildman–Crippen MR) is 442 cm³/mol. The number of hydrogen-bond acceptors (Lipinski definition) is 12. The lowest BCUT2D eigenvalue weighted by molar-refractivity contribution is -0.167. The van der Waals surface area contributed by atoms with Crippen molar-refractivity contribution in [2.24, 2.45) is 62.1 Å². The van der Waals surface area contributed by atoms with Crippen molar-refractivity contribution in [3.05, 3.63) is 0 Å². The molecule has 12 heteroatoms. The van der Waals surface area contributed by atoms with Crippen molar-refractivity contribution in [3.8, 4) is 0 Å². The molecule has 0 rings (SSSR count). The molecule has 0 aromatic rings. The van der Waals surface area contributed by atoms with Gasteiger partial charge < -0.3 is 28.4 Å². The zero-order valence-corrected chi connectivity index (χ0v) is 75.4. The Hall–Kier alpha value is -3.18. The molecule has 0 aromatic carbocycles. The summed E-state index contributed by atoms with van der Waals surface area (Å²) >= 11 is 0. The molecule has 12 nitrogen and oxygen atoms in total. The van der Waals surface area contributed by atoms with Gasteiger partial charge in [0.05, 0.1) is 39.1 Å². The average Bonchev–Trinajstić information content (AvgIpc) is 0.853. The van der Waals surface area contributed by atoms with Gasteiger partial charge in [-0.15, -0.1) is 0 Å². The van der Waals surface area contributed by atoms with Crippen LogP contribution in [0, 0.1) is 62.1 Å². The first-order chi connectivity index (χ1) is 48.0. The first kappa shape index (κ1) is 111. The van der Waals surface area contributed by atoms with Crippen molar-refractivity contribution in [1.82, 2.24) is 0 Å². The zero-order valence-electron chi connectivity index (χ0n) is 75.4. The standard InChI is InChI=1S/2C17H34O2.2C15H30O2.C14H28O2.C13H26O2/c1-8-13(9-2)15(14(10-3)11-4)19-16(18)17(6,7)12-5;1-6-9-11-13-15(14-12-10-7-2)19-16(18)17(4,5)8-3;1-6-9-10-11-12-13(7-2)17-14(16)15(4,5)8-3;1-6-9-11-13(12-10-7-2)17-14(16)15(4,5)8-3;1-6-9-10-12(7-2)11-16-13(15)14(4,5)8-3;1-8-13(6,7)12(14)15-11(9(2)3)10(4)5/h13-15H,8-12H2,1-7H3;15H,6-14H2,1-5H3;2*13H,6-12H2,1-5H3;12H,6-11H2,1-5H3;9-11H,8H2,1-7H3. The van der Waals surface area contributed by atoms with E-state index in [-0.39, 0.29) is 98.8 Å². The fourth-order valence-electron chi connectivity index (χ4n) is 10.6. The molecule has 618 valence electrons. The van der Waals surface area contributed by atoms with E-state index in [1.807, 2.05) is 125 Å². The predicted octanol–water partition coefficient (Wildman–Crippen LogP) is 28.0. The van der Waals surface area contributed by atoms with E-state index in [1.165, 1.54) is 83.5 Å². The Bertz CT molecular complexity index is 2000. The molecule has 0 heterocycles. The number of hydrogen-bond donors (Lipinski definition) is 0. The second-order valence-electron chi connectivity index (χ2n) is 34.4. The van der Waals surface area contributed by atoms with E-state index in [0.717, 1.165) is 135 Å². The fraction of sp³-hybridized carbons (Fsp3) is 0.934. The molecule has 0 saturated carbocycles. The first-order valence-electron chi connectivity index (χ1n) is 43.2. The van der Waals surface area contributed by atoms with Crippen LogP contribution in [0.1, 0.15) is 454 Å². The van der Waals surface area contributed by atoms with Crippen molar-refractivity contribution in [3.63, 3.8) is 0 Å². The van der Waals surface area contributed by atoms with E-state index < -0.39 is 0 Å². The van der Waals surface area contributed by atoms with E-state index >= 15 is 0 Å². The van der Waals surface area contributed by atoms with Crippen LogP contribution in [0.5, 0.6) is 0 Å². The molecule has 0 aliphatic rings. The third-order valence-corrected chi connectivity index (χ3v) is 22.1. The first-order valence-corrected chi connectivity index (χ1v) is 43.2. The lowest BCUT2D eigenvalue weighted by atomic mass is 9.83. The summed E-state index contributed by atoms with van der Waals surface area (Å²) in [5, 5.41) is 0. The molecule has 0 saturated heterocycles. The summed E-state index contributed by atoms with van der Waals surface area (Å²) in [5.74, 6) is 2.02. The lowest BCUT2D eigenvalue weighted by Gasteiger charge is -2.34. The molecule has 0 bridgehead atoms. The summed E-state index contributed by atoms with van der Waals surface area (Å²) in [6, 6.07) is 0. The highest BCUT2D eigenvalue weighted by molar-refractivity contribution is 5.78. The number of rotatable bonds is 51. The van der Waals surface area contributed by atoms with Gasteiger partial charge in [-0.3, -0.25) is 28.8 Å². The monoisotopic (exact) mass is 1470 g/mol. The maximum Gasteiger partial charge on any atom is 0.311 e. The topological polar surface area (TPSA) is 158 Å². The second kappa shape index (κ2) is 63.7. The molecule has 0 N–H and O–H groups in total. The van der Waals surface area contributed by atoms with Gasteiger partial charge in [0.2, 0.25) is 0 Å². The van der Waals surface area contributed by atoms with Crippen LogP contribution in [0.3, 0.4) is 0 Å². The highest BCUT2D eigenvalue weighted by Crippen LogP contribution is 2.33. The van der Waals surface area contributed by atoms with Crippen LogP contribution in [-0.2, 0) is 57.2 Å². The van der Waals surface area contributed by atoms with E-state index in [9.17, 15) is 28.8 Å². The highest BCUT2D eigenvalue weighted by Gasteiger charge is 2.37. The maximum atomic E-state index is 12.4. The normalized spacial score (nSPS) is 12.6. The van der Waals surface area contributed by atoms with Gasteiger partial charge in [-0.05, 0) is 241 Å². The highest BCUT2D eigenvalue weighted by atomic mass is 16.6. The Morgan fingerprint density at radius 1 is 0.252 bits per heavy atom. The van der Waals surface area contributed by atoms with Crippen molar-refractivity contribution in [2.75, 3.05) is 6.61 Å². The number of unbranched alkanes of at least 4 members (excludes halogenated alkanes) is 10. The summed E-state index contributed by atoms with van der Waals surface area (Å²) < 4.78 is 34.0. The van der Waals surface area contributed by atoms with Crippen LogP contribution in [0.2, 0.25) is 0 Å². The smallest absolute Gasteiger partial charge is 0.311 e. The van der Waals surface area contributed by atoms with Crippen LogP contribution in [0.25, 0.3) is 0 Å². The third-order valence-electron chi connectivity index (χ3n) is 22.1. The summed E-state index contributed by atoms with van der Waals surface area (Å²) in [5.41, 5.74) is -2.07. The van der Waals surface area contributed by atoms with E-state index in [0.29, 0.717) is 36.2 Å². The largest absolute Gasteiger partial charge is 0.465 e. The van der Waals surface area contributed by atoms with Crippen molar-refractivity contribution in [1.29, 1.82) is 0 Å². The molecule has 0 radical (unpaired) electrons. The quantitative estimate of drug-likeness (QED) is 0.0323. The minimum absolute atomic E-state index is 0.0204. The molecule has 0 aliphatic heterocycles. The Morgan fingerprint density at radius 2 is 0.495 bits per heavy atom. The van der Waals surface area contributed by atoms with Gasteiger partial charge in [-0.25, -0.2) is 0 Å². The molecular weight excluding hydrogens is 1280 g/mol. The van der Waals surface area contributed by atoms with Gasteiger partial charge in [0.25, 0.3) is 0 Å². The zero-order chi connectivity index (χ0) is 81.2. The van der Waals surface area contributed by atoms with Crippen LogP contribution >= 0.6 is 0 Å². The lowest BCUT2D eigenvalue weighted by Crippen LogP contribution is -2.38. The van der Waals surface area contributed by atoms with Gasteiger partial charge in [-0.2, -0.15) is 0 Å². The minimum atomic E-state index is -0.365. The molecule has 0 aromatic heterocycles. The molecule has 103 heavy (non-hydrogen) atoms. The summed E-state index contributed by atoms with van der Waals surface area (Å²) in [6.45, 7) is 70.9. The van der Waals surface area contributed by atoms with Gasteiger partial charge in [0, 0.05) is 0 Å². The van der Waals surface area contributed by atoms with Crippen molar-refractivity contribution < 1.29 is 57.2 Å². The van der Waals surface area contributed by atoms with Crippen LogP contribution in [-0.4, -0.2) is 72.9 Å². The Labute approximate surface area is 642 Å². The number of carbonyl (C=O) groups is 6. The Morgan fingerprint density at radius 3 is 0.767 bits per heavy atom. The number of ether oxygens (including phenoxy) is 6. The molecule has 2 unspecified atom stereocenters. The van der Waals surface area contributed by atoms with Crippen LogP contribution in [0.15, 0.2) is 0 Å². The minimum Gasteiger partial charge on any atom is -0.465 e. The summed E-state index contributed by atoms with van der Waals surface area (Å²) in [6.07, 6.45) is 37.4. The van der Waals surface area contributed by atoms with Gasteiger partial charge >= 0.3 is 35.8 Å². The van der Waals surface area contributed by atoms with Gasteiger partial charge in [0.1, 0.15) is 30.5 Å². The van der Waals surface area contributed by atoms with Crippen LogP contribution < -0.4 is 0 Å². The van der Waals surface area contributed by atoms with Crippen molar-refractivity contribution >= 4 is 35.8 Å². The molecule has 0 fully saturated rings. The molecular formula is C91H182O12. The Kier molecular flexibility index (Phi) is 68.5. The SMILES string of the molecule is CCC(C)(C)C(=O)OC(C(C)C)C(C)C.CCC(CC)C(OC(=O)C(C)(C)CC)C(CC)CC.CCCCC(CC)COC(=O)C(C)(C)CC.CCCCC(CCCC)OC(=O)C(C)(C)CC.CCCCCC(CCCCC)OC(=O)C(C)(C)CC.CCCCCCC(CC)OC(=O)C(C)(C)CC. The second-order valence-corrected chi connectivity index (χ2v) is 34.4. The van der Waals surface area contributed by atoms with Gasteiger partial charge in [0.15, 0.2) is 0 Å². The molecule has 0 amide bonds. The molecule has 0 spiro atoms. The summed E-state index contributed by atoms with van der Waals surface area (Å²) in [7, 11) is 0.